The Morgan fingerprint density at radius 1 is 1.33 bits per heavy atom. The molecule has 0 heterocycles. The summed E-state index contributed by atoms with van der Waals surface area (Å²) in [5, 5.41) is 3.61. The van der Waals surface area contributed by atoms with Gasteiger partial charge in [0, 0.05) is 6.04 Å². The van der Waals surface area contributed by atoms with E-state index in [0.717, 1.165) is 18.5 Å². The molecule has 1 fully saturated rings. The van der Waals surface area contributed by atoms with Crippen molar-refractivity contribution in [3.05, 3.63) is 35.6 Å². The zero-order chi connectivity index (χ0) is 13.0. The number of nitrogens with one attached hydrogen (secondary N) is 1. The lowest BCUT2D eigenvalue weighted by Gasteiger charge is -2.35. The first-order valence-corrected chi connectivity index (χ1v) is 7.12. The molecule has 1 unspecified atom stereocenters. The Bertz CT molecular complexity index is 382. The summed E-state index contributed by atoms with van der Waals surface area (Å²) >= 11 is 0. The van der Waals surface area contributed by atoms with Crippen LogP contribution >= 0.6 is 0 Å². The summed E-state index contributed by atoms with van der Waals surface area (Å²) in [7, 11) is 0. The Hall–Kier alpha value is -0.890. The zero-order valence-electron chi connectivity index (χ0n) is 11.5. The maximum Gasteiger partial charge on any atom is 0.123 e. The first-order valence-electron chi connectivity index (χ1n) is 7.12. The summed E-state index contributed by atoms with van der Waals surface area (Å²) < 4.78 is 13.3. The van der Waals surface area contributed by atoms with Crippen molar-refractivity contribution in [1.82, 2.24) is 5.32 Å². The van der Waals surface area contributed by atoms with Crippen molar-refractivity contribution in [1.29, 1.82) is 0 Å². The summed E-state index contributed by atoms with van der Waals surface area (Å²) in [5.74, 6) is -0.126. The van der Waals surface area contributed by atoms with Crippen LogP contribution in [0.5, 0.6) is 0 Å². The third-order valence-corrected chi connectivity index (χ3v) is 4.37. The van der Waals surface area contributed by atoms with E-state index in [1.54, 1.807) is 6.07 Å². The fourth-order valence-corrected chi connectivity index (χ4v) is 3.24. The molecule has 1 aromatic carbocycles. The first kappa shape index (κ1) is 13.5. The summed E-state index contributed by atoms with van der Waals surface area (Å²) in [4.78, 5) is 0. The summed E-state index contributed by atoms with van der Waals surface area (Å²) in [6.45, 7) is 5.51. The number of hydrogen-bond acceptors (Lipinski definition) is 1. The Kier molecular flexibility index (Phi) is 4.39. The van der Waals surface area contributed by atoms with E-state index in [9.17, 15) is 4.39 Å². The number of likely N-dealkylation sites (N-methyl/N-ethyl adjacent to an activating group) is 1. The second-order valence-corrected chi connectivity index (χ2v) is 5.81. The lowest BCUT2D eigenvalue weighted by atomic mass is 9.78. The molecule has 0 radical (unpaired) electrons. The highest BCUT2D eigenvalue weighted by Crippen LogP contribution is 2.41. The molecule has 1 aliphatic carbocycles. The summed E-state index contributed by atoms with van der Waals surface area (Å²) in [6, 6.07) is 7.49. The van der Waals surface area contributed by atoms with Crippen LogP contribution < -0.4 is 5.32 Å². The van der Waals surface area contributed by atoms with Crippen LogP contribution in [0.15, 0.2) is 24.3 Å². The van der Waals surface area contributed by atoms with Crippen LogP contribution in [-0.2, 0) is 6.42 Å². The van der Waals surface area contributed by atoms with Gasteiger partial charge in [-0.2, -0.15) is 0 Å². The minimum Gasteiger partial charge on any atom is -0.313 e. The maximum absolute atomic E-state index is 13.3. The monoisotopic (exact) mass is 249 g/mol. The standard InChI is InChI=1S/C16H24FN/c1-3-18-15(16(2)9-4-5-10-16)12-13-7-6-8-14(17)11-13/h6-8,11,15,18H,3-5,9-10,12H2,1-2H3. The molecule has 1 nitrogen and oxygen atoms in total. The van der Waals surface area contributed by atoms with Crippen LogP contribution in [0.25, 0.3) is 0 Å². The average Bonchev–Trinajstić information content (AvgIpc) is 2.77. The second-order valence-electron chi connectivity index (χ2n) is 5.81. The third-order valence-electron chi connectivity index (χ3n) is 4.37. The fraction of sp³-hybridized carbons (Fsp3) is 0.625. The van der Waals surface area contributed by atoms with Gasteiger partial charge in [0.1, 0.15) is 5.82 Å². The van der Waals surface area contributed by atoms with Crippen molar-refractivity contribution >= 4 is 0 Å². The lowest BCUT2D eigenvalue weighted by Crippen LogP contribution is -2.43. The maximum atomic E-state index is 13.3. The van der Waals surface area contributed by atoms with Gasteiger partial charge in [-0.1, -0.05) is 38.8 Å². The van der Waals surface area contributed by atoms with E-state index < -0.39 is 0 Å². The van der Waals surface area contributed by atoms with E-state index in [2.05, 4.69) is 19.2 Å². The molecule has 2 rings (SSSR count). The van der Waals surface area contributed by atoms with Gasteiger partial charge in [0.2, 0.25) is 0 Å². The molecule has 18 heavy (non-hydrogen) atoms. The van der Waals surface area contributed by atoms with Gasteiger partial charge in [-0.3, -0.25) is 0 Å². The van der Waals surface area contributed by atoms with Crippen LogP contribution in [0.1, 0.15) is 45.1 Å². The van der Waals surface area contributed by atoms with E-state index in [0.29, 0.717) is 11.5 Å². The highest BCUT2D eigenvalue weighted by atomic mass is 19.1. The Morgan fingerprint density at radius 2 is 2.06 bits per heavy atom. The lowest BCUT2D eigenvalue weighted by molar-refractivity contribution is 0.222. The van der Waals surface area contributed by atoms with E-state index in [4.69, 9.17) is 0 Å². The quantitative estimate of drug-likeness (QED) is 0.834. The highest BCUT2D eigenvalue weighted by Gasteiger charge is 2.36. The average molecular weight is 249 g/mol. The minimum atomic E-state index is -0.126. The molecule has 1 N–H and O–H groups in total. The van der Waals surface area contributed by atoms with Crippen LogP contribution in [0.2, 0.25) is 0 Å². The van der Waals surface area contributed by atoms with Crippen molar-refractivity contribution in [3.8, 4) is 0 Å². The molecule has 0 aromatic heterocycles. The molecular weight excluding hydrogens is 225 g/mol. The van der Waals surface area contributed by atoms with Crippen molar-refractivity contribution in [3.63, 3.8) is 0 Å². The van der Waals surface area contributed by atoms with Gasteiger partial charge in [-0.05, 0) is 48.9 Å². The van der Waals surface area contributed by atoms with Crippen molar-refractivity contribution in [2.75, 3.05) is 6.54 Å². The molecule has 0 amide bonds. The molecule has 1 aliphatic rings. The number of halogens is 1. The van der Waals surface area contributed by atoms with Crippen molar-refractivity contribution < 1.29 is 4.39 Å². The van der Waals surface area contributed by atoms with Gasteiger partial charge in [-0.25, -0.2) is 4.39 Å². The van der Waals surface area contributed by atoms with Crippen LogP contribution in [0.3, 0.4) is 0 Å². The molecule has 100 valence electrons. The predicted octanol–water partition coefficient (Wildman–Crippen LogP) is 3.93. The normalized spacial score (nSPS) is 19.9. The predicted molar refractivity (Wildman–Crippen MR) is 74.1 cm³/mol. The first-order chi connectivity index (χ1) is 8.64. The van der Waals surface area contributed by atoms with Crippen LogP contribution in [0.4, 0.5) is 4.39 Å². The minimum absolute atomic E-state index is 0.126. The number of rotatable bonds is 5. The molecule has 1 aromatic rings. The third kappa shape index (κ3) is 3.11. The topological polar surface area (TPSA) is 12.0 Å². The smallest absolute Gasteiger partial charge is 0.123 e. The van der Waals surface area contributed by atoms with Gasteiger partial charge in [-0.15, -0.1) is 0 Å². The fourth-order valence-electron chi connectivity index (χ4n) is 3.24. The largest absolute Gasteiger partial charge is 0.313 e. The molecular formula is C16H24FN. The van der Waals surface area contributed by atoms with Crippen molar-refractivity contribution in [2.45, 2.75) is 52.0 Å². The zero-order valence-corrected chi connectivity index (χ0v) is 11.5. The van der Waals surface area contributed by atoms with Gasteiger partial charge < -0.3 is 5.32 Å². The highest BCUT2D eigenvalue weighted by molar-refractivity contribution is 5.18. The molecule has 1 saturated carbocycles. The van der Waals surface area contributed by atoms with E-state index in [1.807, 2.05) is 12.1 Å². The summed E-state index contributed by atoms with van der Waals surface area (Å²) in [5.41, 5.74) is 1.48. The molecule has 0 bridgehead atoms. The van der Waals surface area contributed by atoms with Gasteiger partial charge in [0.15, 0.2) is 0 Å². The van der Waals surface area contributed by atoms with E-state index in [1.165, 1.54) is 31.7 Å². The molecule has 0 spiro atoms. The Labute approximate surface area is 110 Å². The number of hydrogen-bond donors (Lipinski definition) is 1. The van der Waals surface area contributed by atoms with Gasteiger partial charge in [0.25, 0.3) is 0 Å². The summed E-state index contributed by atoms with van der Waals surface area (Å²) in [6.07, 6.45) is 6.19. The van der Waals surface area contributed by atoms with Crippen LogP contribution in [-0.4, -0.2) is 12.6 Å². The van der Waals surface area contributed by atoms with E-state index in [-0.39, 0.29) is 5.82 Å². The number of benzene rings is 1. The Morgan fingerprint density at radius 3 is 2.67 bits per heavy atom. The van der Waals surface area contributed by atoms with Gasteiger partial charge in [0.05, 0.1) is 0 Å². The molecule has 1 atom stereocenters. The Balaban J connectivity index is 2.10. The van der Waals surface area contributed by atoms with Crippen LogP contribution in [0, 0.1) is 11.2 Å². The SMILES string of the molecule is CCNC(Cc1cccc(F)c1)C1(C)CCCC1. The van der Waals surface area contributed by atoms with E-state index >= 15 is 0 Å². The molecule has 0 saturated heterocycles. The van der Waals surface area contributed by atoms with Crippen molar-refractivity contribution in [2.24, 2.45) is 5.41 Å². The van der Waals surface area contributed by atoms with Gasteiger partial charge >= 0.3 is 0 Å². The molecule has 0 aliphatic heterocycles. The molecule has 2 heteroatoms. The second kappa shape index (κ2) is 5.83.